The summed E-state index contributed by atoms with van der Waals surface area (Å²) in [6.07, 6.45) is 1.69. The van der Waals surface area contributed by atoms with Crippen LogP contribution in [0.15, 0.2) is 53.3 Å². The highest BCUT2D eigenvalue weighted by Crippen LogP contribution is 2.34. The van der Waals surface area contributed by atoms with Gasteiger partial charge in [-0.15, -0.1) is 0 Å². The average molecular weight is 423 g/mol. The van der Waals surface area contributed by atoms with Gasteiger partial charge >= 0.3 is 5.97 Å². The number of pyridine rings is 1. The van der Waals surface area contributed by atoms with Crippen molar-refractivity contribution in [1.82, 2.24) is 10.0 Å². The van der Waals surface area contributed by atoms with Crippen molar-refractivity contribution in [3.63, 3.8) is 0 Å². The van der Waals surface area contributed by atoms with E-state index in [1.807, 2.05) is 52.0 Å². The SMILES string of the molecule is CCCc1ccccc1C(=O)Oc1ccc(C(C)N(O)C(C)(C)C)c2ccc(=O)[nH]c12. The molecule has 1 atom stereocenters. The summed E-state index contributed by atoms with van der Waals surface area (Å²) < 4.78 is 5.73. The first-order valence-corrected chi connectivity index (χ1v) is 10.6. The van der Waals surface area contributed by atoms with E-state index in [-0.39, 0.29) is 17.4 Å². The quantitative estimate of drug-likeness (QED) is 0.322. The fourth-order valence-corrected chi connectivity index (χ4v) is 3.77. The molecule has 6 heteroatoms. The van der Waals surface area contributed by atoms with E-state index in [1.165, 1.54) is 11.1 Å². The number of esters is 1. The molecule has 164 valence electrons. The van der Waals surface area contributed by atoms with Crippen LogP contribution in [0.25, 0.3) is 10.9 Å². The number of carbonyl (C=O) groups excluding carboxylic acids is 1. The van der Waals surface area contributed by atoms with Crippen LogP contribution in [0.3, 0.4) is 0 Å². The Morgan fingerprint density at radius 2 is 1.84 bits per heavy atom. The predicted octanol–water partition coefficient (Wildman–Crippen LogP) is 5.25. The standard InChI is InChI=1S/C25H30N2O4/c1-6-9-17-10-7-8-11-19(17)24(29)31-21-14-12-18(16(2)27(30)25(3,4)5)20-13-15-22(28)26-23(20)21/h7-8,10-16,30H,6,9H2,1-5H3,(H,26,28). The third kappa shape index (κ3) is 4.86. The number of benzene rings is 2. The molecule has 0 aliphatic carbocycles. The molecule has 31 heavy (non-hydrogen) atoms. The first-order valence-electron chi connectivity index (χ1n) is 10.6. The van der Waals surface area contributed by atoms with Crippen molar-refractivity contribution in [3.8, 4) is 5.75 Å². The Kier molecular flexibility index (Phi) is 6.62. The van der Waals surface area contributed by atoms with Crippen molar-refractivity contribution < 1.29 is 14.7 Å². The molecule has 2 N–H and O–H groups in total. The second-order valence-electron chi connectivity index (χ2n) is 8.75. The number of ether oxygens (including phenoxy) is 1. The molecule has 0 saturated heterocycles. The number of aromatic amines is 1. The van der Waals surface area contributed by atoms with Crippen molar-refractivity contribution >= 4 is 16.9 Å². The van der Waals surface area contributed by atoms with Gasteiger partial charge in [-0.05, 0) is 63.4 Å². The number of hydrogen-bond acceptors (Lipinski definition) is 5. The molecule has 0 aliphatic rings. The lowest BCUT2D eigenvalue weighted by molar-refractivity contribution is -0.184. The summed E-state index contributed by atoms with van der Waals surface area (Å²) in [5.74, 6) is -0.186. The maximum atomic E-state index is 12.9. The first-order chi connectivity index (χ1) is 14.6. The van der Waals surface area contributed by atoms with E-state index in [2.05, 4.69) is 11.9 Å². The van der Waals surface area contributed by atoms with Crippen LogP contribution in [0.5, 0.6) is 5.75 Å². The fraction of sp³-hybridized carbons (Fsp3) is 0.360. The minimum absolute atomic E-state index is 0.278. The summed E-state index contributed by atoms with van der Waals surface area (Å²) in [5.41, 5.74) is 1.93. The van der Waals surface area contributed by atoms with Crippen LogP contribution < -0.4 is 10.3 Å². The van der Waals surface area contributed by atoms with Gasteiger partial charge in [0.2, 0.25) is 5.56 Å². The molecule has 0 fully saturated rings. The number of aryl methyl sites for hydroxylation is 1. The summed E-state index contributed by atoms with van der Waals surface area (Å²) in [6.45, 7) is 9.69. The van der Waals surface area contributed by atoms with Crippen LogP contribution >= 0.6 is 0 Å². The molecular formula is C25H30N2O4. The molecule has 0 spiro atoms. The zero-order valence-corrected chi connectivity index (χ0v) is 18.7. The number of carbonyl (C=O) groups is 1. The number of nitrogens with one attached hydrogen (secondary N) is 1. The van der Waals surface area contributed by atoms with Gasteiger partial charge in [-0.2, -0.15) is 5.06 Å². The van der Waals surface area contributed by atoms with Crippen molar-refractivity contribution in [2.75, 3.05) is 0 Å². The highest BCUT2D eigenvalue weighted by atomic mass is 16.5. The van der Waals surface area contributed by atoms with Crippen molar-refractivity contribution in [3.05, 3.63) is 75.6 Å². The van der Waals surface area contributed by atoms with Crippen molar-refractivity contribution in [2.45, 2.75) is 59.0 Å². The van der Waals surface area contributed by atoms with E-state index in [9.17, 15) is 14.8 Å². The molecule has 1 unspecified atom stereocenters. The van der Waals surface area contributed by atoms with E-state index < -0.39 is 11.5 Å². The predicted molar refractivity (Wildman–Crippen MR) is 122 cm³/mol. The van der Waals surface area contributed by atoms with E-state index in [0.29, 0.717) is 16.5 Å². The lowest BCUT2D eigenvalue weighted by Gasteiger charge is -2.35. The van der Waals surface area contributed by atoms with Crippen LogP contribution in [0, 0.1) is 0 Å². The summed E-state index contributed by atoms with van der Waals surface area (Å²) in [5, 5.41) is 12.6. The van der Waals surface area contributed by atoms with Crippen LogP contribution in [0.4, 0.5) is 0 Å². The molecule has 3 rings (SSSR count). The van der Waals surface area contributed by atoms with E-state index in [1.54, 1.807) is 18.2 Å². The molecular weight excluding hydrogens is 392 g/mol. The Balaban J connectivity index is 2.04. The highest BCUT2D eigenvalue weighted by molar-refractivity contribution is 5.96. The number of aromatic nitrogens is 1. The maximum absolute atomic E-state index is 12.9. The third-order valence-electron chi connectivity index (χ3n) is 5.35. The lowest BCUT2D eigenvalue weighted by Crippen LogP contribution is -2.40. The molecule has 2 aromatic carbocycles. The van der Waals surface area contributed by atoms with Gasteiger partial charge in [0.25, 0.3) is 0 Å². The third-order valence-corrected chi connectivity index (χ3v) is 5.35. The van der Waals surface area contributed by atoms with Crippen LogP contribution in [0.2, 0.25) is 0 Å². The zero-order chi connectivity index (χ0) is 22.8. The number of fused-ring (bicyclic) bond motifs is 1. The number of nitrogens with zero attached hydrogens (tertiary/aromatic N) is 1. The normalized spacial score (nSPS) is 12.9. The molecule has 0 radical (unpaired) electrons. The van der Waals surface area contributed by atoms with Gasteiger partial charge in [-0.3, -0.25) is 4.79 Å². The Morgan fingerprint density at radius 1 is 1.13 bits per heavy atom. The van der Waals surface area contributed by atoms with E-state index in [0.717, 1.165) is 24.0 Å². The first kappa shape index (κ1) is 22.7. The number of rotatable bonds is 6. The van der Waals surface area contributed by atoms with Crippen molar-refractivity contribution in [1.29, 1.82) is 0 Å². The Hall–Kier alpha value is -2.96. The second kappa shape index (κ2) is 9.04. The summed E-state index contributed by atoms with van der Waals surface area (Å²) in [4.78, 5) is 27.8. The topological polar surface area (TPSA) is 82.6 Å². The molecule has 1 heterocycles. The Labute approximate surface area is 182 Å². The highest BCUT2D eigenvalue weighted by Gasteiger charge is 2.27. The number of hydrogen-bond donors (Lipinski definition) is 2. The lowest BCUT2D eigenvalue weighted by atomic mass is 9.98. The fourth-order valence-electron chi connectivity index (χ4n) is 3.77. The van der Waals surface area contributed by atoms with Gasteiger partial charge in [0.15, 0.2) is 5.75 Å². The molecule has 6 nitrogen and oxygen atoms in total. The van der Waals surface area contributed by atoms with Gasteiger partial charge in [0.05, 0.1) is 17.1 Å². The molecule has 0 bridgehead atoms. The number of H-pyrrole nitrogens is 1. The molecule has 0 aliphatic heterocycles. The zero-order valence-electron chi connectivity index (χ0n) is 18.7. The van der Waals surface area contributed by atoms with Crippen molar-refractivity contribution in [2.24, 2.45) is 0 Å². The minimum Gasteiger partial charge on any atom is -0.421 e. The van der Waals surface area contributed by atoms with Gasteiger partial charge in [-0.1, -0.05) is 37.6 Å². The molecule has 3 aromatic rings. The van der Waals surface area contributed by atoms with Gasteiger partial charge < -0.3 is 14.9 Å². The van der Waals surface area contributed by atoms with Gasteiger partial charge in [-0.25, -0.2) is 4.79 Å². The summed E-state index contributed by atoms with van der Waals surface area (Å²) in [7, 11) is 0. The molecule has 0 saturated carbocycles. The minimum atomic E-state index is -0.470. The number of hydroxylamine groups is 2. The average Bonchev–Trinajstić information content (AvgIpc) is 2.73. The smallest absolute Gasteiger partial charge is 0.343 e. The maximum Gasteiger partial charge on any atom is 0.343 e. The van der Waals surface area contributed by atoms with Gasteiger partial charge in [0.1, 0.15) is 0 Å². The Bertz CT molecular complexity index is 1140. The van der Waals surface area contributed by atoms with E-state index >= 15 is 0 Å². The summed E-state index contributed by atoms with van der Waals surface area (Å²) in [6, 6.07) is 13.7. The summed E-state index contributed by atoms with van der Waals surface area (Å²) >= 11 is 0. The monoisotopic (exact) mass is 422 g/mol. The molecule has 0 amide bonds. The van der Waals surface area contributed by atoms with Crippen LogP contribution in [-0.2, 0) is 6.42 Å². The van der Waals surface area contributed by atoms with Crippen LogP contribution in [0.1, 0.15) is 68.6 Å². The largest absolute Gasteiger partial charge is 0.421 e. The van der Waals surface area contributed by atoms with E-state index in [4.69, 9.17) is 4.74 Å². The van der Waals surface area contributed by atoms with Crippen LogP contribution in [-0.4, -0.2) is 26.8 Å². The van der Waals surface area contributed by atoms with Gasteiger partial charge in [0, 0.05) is 17.0 Å². The Morgan fingerprint density at radius 3 is 2.52 bits per heavy atom. The second-order valence-corrected chi connectivity index (χ2v) is 8.75. The molecule has 1 aromatic heterocycles.